The lowest BCUT2D eigenvalue weighted by Gasteiger charge is -2.46. The van der Waals surface area contributed by atoms with Gasteiger partial charge in [0.1, 0.15) is 52.5 Å². The number of fused-ring (bicyclic) bond motifs is 1. The number of ether oxygens (including phenoxy) is 2. The van der Waals surface area contributed by atoms with E-state index in [1.807, 2.05) is 0 Å². The number of hydrogen-bond donors (Lipinski definition) is 7. The highest BCUT2D eigenvalue weighted by molar-refractivity contribution is 8.00. The summed E-state index contributed by atoms with van der Waals surface area (Å²) in [4.78, 5) is 46.0. The number of aliphatic hydroxyl groups is 4. The summed E-state index contributed by atoms with van der Waals surface area (Å²) in [5.41, 5.74) is -2.31. The van der Waals surface area contributed by atoms with E-state index in [4.69, 9.17) is 14.3 Å². The monoisotopic (exact) mass is 721 g/mol. The lowest BCUT2D eigenvalue weighted by atomic mass is 9.89. The zero-order valence-corrected chi connectivity index (χ0v) is 29.0. The second kappa shape index (κ2) is 18.0. The van der Waals surface area contributed by atoms with Crippen LogP contribution in [0.15, 0.2) is 41.6 Å². The summed E-state index contributed by atoms with van der Waals surface area (Å²) in [5.74, 6) is -2.41. The first-order chi connectivity index (χ1) is 23.8. The van der Waals surface area contributed by atoms with Gasteiger partial charge in [-0.05, 0) is 57.2 Å². The lowest BCUT2D eigenvalue weighted by Crippen LogP contribution is -2.63. The molecule has 3 heterocycles. The summed E-state index contributed by atoms with van der Waals surface area (Å²) in [5, 5.41) is 68.4. The number of oxime groups is 1. The number of nitrogens with zero attached hydrogens (tertiary/aromatic N) is 2. The van der Waals surface area contributed by atoms with Crippen LogP contribution in [0.25, 0.3) is 0 Å². The maximum absolute atomic E-state index is 13.2. The zero-order valence-electron chi connectivity index (χ0n) is 28.1. The number of phenolic OH excluding ortho intramolecular Hbond substituents is 2. The number of carbonyl (C=O) groups is 3. The second-order valence-corrected chi connectivity index (χ2v) is 13.9. The number of aromatic hydroxyl groups is 2. The predicted molar refractivity (Wildman–Crippen MR) is 182 cm³/mol. The van der Waals surface area contributed by atoms with E-state index < -0.39 is 65.7 Å². The van der Waals surface area contributed by atoms with Crippen LogP contribution < -0.4 is 5.32 Å². The Balaban J connectivity index is 1.51. The summed E-state index contributed by atoms with van der Waals surface area (Å²) in [6.45, 7) is 3.42. The fourth-order valence-corrected chi connectivity index (χ4v) is 6.85. The van der Waals surface area contributed by atoms with Crippen LogP contribution in [0.5, 0.6) is 11.5 Å². The maximum Gasteiger partial charge on any atom is 0.342 e. The van der Waals surface area contributed by atoms with Crippen LogP contribution in [-0.4, -0.2) is 133 Å². The molecule has 3 aliphatic rings. The molecule has 3 aliphatic heterocycles. The van der Waals surface area contributed by atoms with Gasteiger partial charge in [-0.2, -0.15) is 0 Å². The number of thioether (sulfide) groups is 1. The molecule has 0 spiro atoms. The van der Waals surface area contributed by atoms with Crippen LogP contribution in [0.4, 0.5) is 0 Å². The fraction of sp³-hybridized carbons (Fsp3) is 0.588. The third-order valence-corrected chi connectivity index (χ3v) is 9.82. The van der Waals surface area contributed by atoms with Crippen molar-refractivity contribution in [1.82, 2.24) is 10.2 Å². The number of carbonyl (C=O) groups excluding carboxylic acids is 3. The molecule has 1 aromatic rings. The number of aliphatic hydroxyl groups excluding tert-OH is 4. The van der Waals surface area contributed by atoms with Crippen molar-refractivity contribution < 1.29 is 59.3 Å². The number of cyclic esters (lactones) is 1. The van der Waals surface area contributed by atoms with Gasteiger partial charge in [0.2, 0.25) is 5.91 Å². The predicted octanol–water partition coefficient (Wildman–Crippen LogP) is 0.885. The molecule has 7 N–H and O–H groups in total. The third kappa shape index (κ3) is 10.4. The minimum Gasteiger partial charge on any atom is -0.508 e. The van der Waals surface area contributed by atoms with Gasteiger partial charge in [-0.25, -0.2) is 4.79 Å². The number of hydrogen-bond acceptors (Lipinski definition) is 14. The number of rotatable bonds is 8. The molecule has 15 nitrogen and oxygen atoms in total. The number of piperidine rings is 1. The van der Waals surface area contributed by atoms with Crippen molar-refractivity contribution >= 4 is 35.3 Å². The van der Waals surface area contributed by atoms with Gasteiger partial charge in [-0.15, -0.1) is 11.8 Å². The minimum absolute atomic E-state index is 0.0876. The van der Waals surface area contributed by atoms with E-state index in [0.717, 1.165) is 37.1 Å². The summed E-state index contributed by atoms with van der Waals surface area (Å²) < 4.78 is 11.2. The van der Waals surface area contributed by atoms with E-state index in [2.05, 4.69) is 10.5 Å². The Kier molecular flexibility index (Phi) is 14.1. The largest absolute Gasteiger partial charge is 0.508 e. The molecule has 7 atom stereocenters. The number of allylic oxidation sites excluding steroid dienone is 1. The molecular formula is C34H47N3O12S. The summed E-state index contributed by atoms with van der Waals surface area (Å²) >= 11 is 0.898. The molecule has 50 heavy (non-hydrogen) atoms. The van der Waals surface area contributed by atoms with Crippen molar-refractivity contribution in [1.29, 1.82) is 0 Å². The molecular weight excluding hydrogens is 674 g/mol. The number of esters is 1. The quantitative estimate of drug-likeness (QED) is 0.113. The smallest absolute Gasteiger partial charge is 0.342 e. The standard InChI is InChI=1S/C34H47N3O12S/c1-20-8-6-9-22(35-26(41)18-50-33-30(44)29(43)31(45)34(2,19-38)49-33)10-7-11-23(36-47-17-27(42)37-12-4-3-5-13-37)14-21-15-24(39)16-25(40)28(21)32(46)48-20/h6-7,9,11,15-16,20,22,29-31,33,38-40,43-45H,3-5,8,10,12-14,17-19H2,1-2H3,(H,35,41)/b9-6+,11-7+,36-23+/t20-,22-,29?,30?,31+,33+,34-/m1/s1. The number of phenols is 2. The Morgan fingerprint density at radius 2 is 1.84 bits per heavy atom. The van der Waals surface area contributed by atoms with Gasteiger partial charge >= 0.3 is 5.97 Å². The van der Waals surface area contributed by atoms with Gasteiger partial charge in [0.25, 0.3) is 5.91 Å². The highest BCUT2D eigenvalue weighted by Gasteiger charge is 2.50. The molecule has 4 rings (SSSR count). The molecule has 0 aliphatic carbocycles. The van der Waals surface area contributed by atoms with Gasteiger partial charge < -0.3 is 55.2 Å². The van der Waals surface area contributed by atoms with Crippen molar-refractivity contribution in [2.75, 3.05) is 32.1 Å². The van der Waals surface area contributed by atoms with E-state index in [0.29, 0.717) is 13.1 Å². The molecule has 16 heteroatoms. The highest BCUT2D eigenvalue weighted by atomic mass is 32.2. The number of nitrogens with one attached hydrogen (secondary N) is 1. The molecule has 2 saturated heterocycles. The van der Waals surface area contributed by atoms with Gasteiger partial charge in [0, 0.05) is 32.0 Å². The first-order valence-corrected chi connectivity index (χ1v) is 17.7. The van der Waals surface area contributed by atoms with Crippen LogP contribution in [-0.2, 0) is 30.3 Å². The van der Waals surface area contributed by atoms with Gasteiger partial charge in [0.15, 0.2) is 6.61 Å². The van der Waals surface area contributed by atoms with E-state index in [9.17, 15) is 45.0 Å². The number of benzene rings is 1. The first kappa shape index (κ1) is 39.1. The average Bonchev–Trinajstić information content (AvgIpc) is 3.07. The molecule has 0 aromatic heterocycles. The summed E-state index contributed by atoms with van der Waals surface area (Å²) in [6, 6.07) is 1.80. The highest BCUT2D eigenvalue weighted by Crippen LogP contribution is 2.34. The third-order valence-electron chi connectivity index (χ3n) is 8.69. The normalized spacial score (nSPS) is 31.5. The van der Waals surface area contributed by atoms with E-state index >= 15 is 0 Å². The van der Waals surface area contributed by atoms with Crippen LogP contribution in [0.2, 0.25) is 0 Å². The first-order valence-electron chi connectivity index (χ1n) is 16.6. The van der Waals surface area contributed by atoms with Gasteiger partial charge in [-0.1, -0.05) is 23.4 Å². The molecule has 0 saturated carbocycles. The Hall–Kier alpha value is -3.67. The van der Waals surface area contributed by atoms with Crippen LogP contribution >= 0.6 is 11.8 Å². The van der Waals surface area contributed by atoms with Crippen molar-refractivity contribution in [3.63, 3.8) is 0 Å². The zero-order chi connectivity index (χ0) is 36.4. The van der Waals surface area contributed by atoms with Crippen LogP contribution in [0.3, 0.4) is 0 Å². The van der Waals surface area contributed by atoms with Crippen molar-refractivity contribution in [2.45, 2.75) is 93.9 Å². The van der Waals surface area contributed by atoms with Crippen LogP contribution in [0, 0.1) is 0 Å². The molecule has 2 fully saturated rings. The second-order valence-electron chi connectivity index (χ2n) is 12.9. The SMILES string of the molecule is C[C@@H]1C/C=C/[C@@H](NC(=O)CS[C@@H]2O[C@](C)(CO)[C@@H](O)C(O)C2O)C/C=C/C(=N\OCC(=O)N2CCCCC2)Cc2cc(O)cc(O)c2C(=O)O1. The lowest BCUT2D eigenvalue weighted by molar-refractivity contribution is -0.249. The topological polar surface area (TPSA) is 228 Å². The molecule has 1 aromatic carbocycles. The van der Waals surface area contributed by atoms with Crippen molar-refractivity contribution in [3.05, 3.63) is 47.6 Å². The van der Waals surface area contributed by atoms with E-state index in [1.165, 1.54) is 13.0 Å². The summed E-state index contributed by atoms with van der Waals surface area (Å²) in [6.07, 6.45) is 4.85. The fourth-order valence-electron chi connectivity index (χ4n) is 5.81. The van der Waals surface area contributed by atoms with E-state index in [1.54, 1.807) is 36.1 Å². The average molecular weight is 722 g/mol. The Labute approximate surface area is 294 Å². The summed E-state index contributed by atoms with van der Waals surface area (Å²) in [7, 11) is 0. The van der Waals surface area contributed by atoms with Crippen molar-refractivity contribution in [2.24, 2.45) is 5.16 Å². The minimum atomic E-state index is -1.59. The van der Waals surface area contributed by atoms with Gasteiger partial charge in [-0.3, -0.25) is 9.59 Å². The Bertz CT molecular complexity index is 1450. The maximum atomic E-state index is 13.2. The molecule has 276 valence electrons. The Morgan fingerprint density at radius 1 is 1.10 bits per heavy atom. The van der Waals surface area contributed by atoms with Gasteiger partial charge in [0.05, 0.1) is 24.1 Å². The van der Waals surface area contributed by atoms with Crippen LogP contribution in [0.1, 0.15) is 61.9 Å². The van der Waals surface area contributed by atoms with E-state index in [-0.39, 0.29) is 60.1 Å². The molecule has 2 amide bonds. The molecule has 2 unspecified atom stereocenters. The Morgan fingerprint density at radius 3 is 2.56 bits per heavy atom. The molecule has 0 bridgehead atoms. The number of likely N-dealkylation sites (tertiary alicyclic amines) is 1. The number of amides is 2. The molecule has 0 radical (unpaired) electrons. The van der Waals surface area contributed by atoms with Crippen molar-refractivity contribution in [3.8, 4) is 11.5 Å².